The summed E-state index contributed by atoms with van der Waals surface area (Å²) in [4.78, 5) is 14.3. The van der Waals surface area contributed by atoms with Crippen LogP contribution in [0.1, 0.15) is 30.4 Å². The number of amides is 1. The molecule has 1 heterocycles. The van der Waals surface area contributed by atoms with Crippen molar-refractivity contribution >= 4 is 18.3 Å². The Kier molecular flexibility index (Phi) is 4.46. The second-order valence-electron chi connectivity index (χ2n) is 5.96. The van der Waals surface area contributed by atoms with Gasteiger partial charge in [0.25, 0.3) is 0 Å². The zero-order valence-corrected chi connectivity index (χ0v) is 12.7. The average Bonchev–Trinajstić information content (AvgIpc) is 3.14. The number of hydrogen-bond donors (Lipinski definition) is 1. The van der Waals surface area contributed by atoms with E-state index in [4.69, 9.17) is 5.73 Å². The van der Waals surface area contributed by atoms with E-state index in [0.29, 0.717) is 31.5 Å². The Bertz CT molecular complexity index is 572. The standard InChI is InChI=1S/C15H17F3N2O.ClH/c16-15(17,18)11-3-1-2-10(8-11)14(5-6-14)13(21)20-7-4-12(19)9-20;/h1-3,8,12H,4-7,9,19H2;1H/t12-;/m0./s1. The zero-order valence-electron chi connectivity index (χ0n) is 11.9. The molecule has 3 nitrogen and oxygen atoms in total. The van der Waals surface area contributed by atoms with E-state index >= 15 is 0 Å². The first kappa shape index (κ1) is 17.1. The fraction of sp³-hybridized carbons (Fsp3) is 0.533. The van der Waals surface area contributed by atoms with Gasteiger partial charge in [-0.25, -0.2) is 0 Å². The maximum atomic E-state index is 12.8. The van der Waals surface area contributed by atoms with Gasteiger partial charge in [0.1, 0.15) is 0 Å². The van der Waals surface area contributed by atoms with Crippen LogP contribution >= 0.6 is 12.4 Å². The predicted molar refractivity (Wildman–Crippen MR) is 78.8 cm³/mol. The Balaban J connectivity index is 0.00000176. The van der Waals surface area contributed by atoms with Crippen molar-refractivity contribution < 1.29 is 18.0 Å². The molecule has 1 saturated heterocycles. The van der Waals surface area contributed by atoms with Crippen molar-refractivity contribution in [2.24, 2.45) is 5.73 Å². The largest absolute Gasteiger partial charge is 0.416 e. The molecular formula is C15H18ClF3N2O. The molecule has 1 saturated carbocycles. The van der Waals surface area contributed by atoms with Gasteiger partial charge in [-0.15, -0.1) is 12.4 Å². The number of nitrogens with two attached hydrogens (primary N) is 1. The summed E-state index contributed by atoms with van der Waals surface area (Å²) in [6.45, 7) is 1.10. The van der Waals surface area contributed by atoms with Crippen LogP contribution in [-0.2, 0) is 16.4 Å². The highest BCUT2D eigenvalue weighted by molar-refractivity contribution is 5.91. The van der Waals surface area contributed by atoms with Crippen molar-refractivity contribution in [3.8, 4) is 0 Å². The molecule has 3 rings (SSSR count). The first-order chi connectivity index (χ1) is 9.83. The van der Waals surface area contributed by atoms with E-state index in [1.165, 1.54) is 6.07 Å². The second kappa shape index (κ2) is 5.74. The lowest BCUT2D eigenvalue weighted by Crippen LogP contribution is -2.39. The molecule has 1 amide bonds. The zero-order chi connectivity index (χ0) is 15.3. The topological polar surface area (TPSA) is 46.3 Å². The van der Waals surface area contributed by atoms with Gasteiger partial charge in [-0.2, -0.15) is 13.2 Å². The molecule has 22 heavy (non-hydrogen) atoms. The molecule has 0 spiro atoms. The Morgan fingerprint density at radius 2 is 2.00 bits per heavy atom. The normalized spacial score (nSPS) is 23.1. The molecule has 2 fully saturated rings. The van der Waals surface area contributed by atoms with Crippen LogP contribution in [-0.4, -0.2) is 29.9 Å². The second-order valence-corrected chi connectivity index (χ2v) is 5.96. The number of nitrogens with zero attached hydrogens (tertiary/aromatic N) is 1. The van der Waals surface area contributed by atoms with Crippen molar-refractivity contribution in [3.05, 3.63) is 35.4 Å². The summed E-state index contributed by atoms with van der Waals surface area (Å²) in [6.07, 6.45) is -2.41. The molecule has 0 radical (unpaired) electrons. The summed E-state index contributed by atoms with van der Waals surface area (Å²) in [5.41, 5.74) is 4.82. The van der Waals surface area contributed by atoms with Gasteiger partial charge in [0.15, 0.2) is 0 Å². The smallest absolute Gasteiger partial charge is 0.340 e. The van der Waals surface area contributed by atoms with E-state index in [9.17, 15) is 18.0 Å². The van der Waals surface area contributed by atoms with Gasteiger partial charge in [-0.3, -0.25) is 4.79 Å². The van der Waals surface area contributed by atoms with E-state index in [-0.39, 0.29) is 24.4 Å². The van der Waals surface area contributed by atoms with Gasteiger partial charge in [-0.1, -0.05) is 18.2 Å². The quantitative estimate of drug-likeness (QED) is 0.904. The van der Waals surface area contributed by atoms with Crippen LogP contribution in [0.25, 0.3) is 0 Å². The van der Waals surface area contributed by atoms with Crippen LogP contribution in [0.3, 0.4) is 0 Å². The molecule has 0 unspecified atom stereocenters. The molecule has 1 aromatic carbocycles. The molecule has 1 aliphatic carbocycles. The van der Waals surface area contributed by atoms with Crippen LogP contribution in [0.15, 0.2) is 24.3 Å². The molecule has 2 aliphatic rings. The number of rotatable bonds is 2. The van der Waals surface area contributed by atoms with Gasteiger partial charge in [0.05, 0.1) is 11.0 Å². The van der Waals surface area contributed by atoms with Gasteiger partial charge in [0.2, 0.25) is 5.91 Å². The van der Waals surface area contributed by atoms with Gasteiger partial charge < -0.3 is 10.6 Å². The highest BCUT2D eigenvalue weighted by Crippen LogP contribution is 2.50. The molecule has 122 valence electrons. The van der Waals surface area contributed by atoms with Gasteiger partial charge in [0, 0.05) is 19.1 Å². The number of hydrogen-bond acceptors (Lipinski definition) is 2. The van der Waals surface area contributed by atoms with Crippen molar-refractivity contribution in [2.75, 3.05) is 13.1 Å². The van der Waals surface area contributed by atoms with E-state index in [1.54, 1.807) is 11.0 Å². The van der Waals surface area contributed by atoms with E-state index in [0.717, 1.165) is 18.6 Å². The first-order valence-corrected chi connectivity index (χ1v) is 7.06. The third kappa shape index (κ3) is 2.94. The molecule has 0 aromatic heterocycles. The van der Waals surface area contributed by atoms with E-state index < -0.39 is 17.2 Å². The molecule has 1 aliphatic heterocycles. The number of carbonyl (C=O) groups is 1. The van der Waals surface area contributed by atoms with Crippen LogP contribution < -0.4 is 5.73 Å². The van der Waals surface area contributed by atoms with E-state index in [1.807, 2.05) is 0 Å². The summed E-state index contributed by atoms with van der Waals surface area (Å²) in [6, 6.07) is 5.12. The van der Waals surface area contributed by atoms with Crippen LogP contribution in [0.2, 0.25) is 0 Å². The molecular weight excluding hydrogens is 317 g/mol. The maximum Gasteiger partial charge on any atom is 0.416 e. The fourth-order valence-corrected chi connectivity index (χ4v) is 3.02. The lowest BCUT2D eigenvalue weighted by Gasteiger charge is -2.24. The summed E-state index contributed by atoms with van der Waals surface area (Å²) in [5.74, 6) is -0.0743. The van der Waals surface area contributed by atoms with Crippen molar-refractivity contribution in [3.63, 3.8) is 0 Å². The summed E-state index contributed by atoms with van der Waals surface area (Å²) in [7, 11) is 0. The molecule has 7 heteroatoms. The lowest BCUT2D eigenvalue weighted by molar-refractivity contribution is -0.138. The van der Waals surface area contributed by atoms with Crippen LogP contribution in [0, 0.1) is 0 Å². The molecule has 0 bridgehead atoms. The molecule has 1 atom stereocenters. The van der Waals surface area contributed by atoms with Gasteiger partial charge >= 0.3 is 6.18 Å². The third-order valence-corrected chi connectivity index (χ3v) is 4.41. The average molecular weight is 335 g/mol. The van der Waals surface area contributed by atoms with Crippen LogP contribution in [0.5, 0.6) is 0 Å². The number of likely N-dealkylation sites (tertiary alicyclic amines) is 1. The Labute approximate surface area is 133 Å². The third-order valence-electron chi connectivity index (χ3n) is 4.41. The number of carbonyl (C=O) groups excluding carboxylic acids is 1. The minimum absolute atomic E-state index is 0. The highest BCUT2D eigenvalue weighted by atomic mass is 35.5. The minimum atomic E-state index is -4.38. The SMILES string of the molecule is Cl.N[C@H]1CCN(C(=O)C2(c3cccc(C(F)(F)F)c3)CC2)C1. The minimum Gasteiger partial charge on any atom is -0.340 e. The van der Waals surface area contributed by atoms with E-state index in [2.05, 4.69) is 0 Å². The predicted octanol–water partition coefficient (Wildman–Crippen LogP) is 2.72. The van der Waals surface area contributed by atoms with Crippen LogP contribution in [0.4, 0.5) is 13.2 Å². The molecule has 1 aromatic rings. The Morgan fingerprint density at radius 3 is 2.50 bits per heavy atom. The summed E-state index contributed by atoms with van der Waals surface area (Å²) >= 11 is 0. The van der Waals surface area contributed by atoms with Crippen molar-refractivity contribution in [2.45, 2.75) is 36.9 Å². The lowest BCUT2D eigenvalue weighted by atomic mass is 9.92. The number of halogens is 4. The van der Waals surface area contributed by atoms with Crippen molar-refractivity contribution in [1.29, 1.82) is 0 Å². The monoisotopic (exact) mass is 334 g/mol. The fourth-order valence-electron chi connectivity index (χ4n) is 3.02. The molecule has 2 N–H and O–H groups in total. The summed E-state index contributed by atoms with van der Waals surface area (Å²) < 4.78 is 38.5. The highest BCUT2D eigenvalue weighted by Gasteiger charge is 2.54. The number of benzene rings is 1. The van der Waals surface area contributed by atoms with Crippen molar-refractivity contribution in [1.82, 2.24) is 4.90 Å². The number of alkyl halides is 3. The first-order valence-electron chi connectivity index (χ1n) is 7.06. The Morgan fingerprint density at radius 1 is 1.32 bits per heavy atom. The van der Waals surface area contributed by atoms with Gasteiger partial charge in [-0.05, 0) is 30.9 Å². The Hall–Kier alpha value is -1.27. The maximum absolute atomic E-state index is 12.8. The summed E-state index contributed by atoms with van der Waals surface area (Å²) in [5, 5.41) is 0.